The Labute approximate surface area is 160 Å². The lowest BCUT2D eigenvalue weighted by Crippen LogP contribution is -2.19. The zero-order chi connectivity index (χ0) is 18.6. The largest absolute Gasteiger partial charge is 0.457 e. The zero-order valence-corrected chi connectivity index (χ0v) is 15.7. The minimum Gasteiger partial charge on any atom is -0.457 e. The van der Waals surface area contributed by atoms with Crippen LogP contribution in [-0.2, 0) is 6.54 Å². The first-order valence-electron chi connectivity index (χ1n) is 8.75. The summed E-state index contributed by atoms with van der Waals surface area (Å²) < 4.78 is 8.92. The van der Waals surface area contributed by atoms with Crippen LogP contribution >= 0.6 is 11.3 Å². The van der Waals surface area contributed by atoms with Gasteiger partial charge in [0, 0.05) is 36.6 Å². The number of pyridine rings is 1. The van der Waals surface area contributed by atoms with Crippen LogP contribution in [0.25, 0.3) is 21.5 Å². The average molecular weight is 380 g/mol. The number of rotatable bonds is 7. The van der Waals surface area contributed by atoms with E-state index in [0.717, 1.165) is 52.6 Å². The third kappa shape index (κ3) is 4.07. The average Bonchev–Trinajstić information content (AvgIpc) is 3.28. The molecular formula is C19H20N6OS. The SMILES string of the molecule is CCNCCn1cc(-c2cc(Oc3ccc4nc(N)sc4c3)ccn2)cn1. The fraction of sp³-hybridized carbons (Fsp3) is 0.211. The van der Waals surface area contributed by atoms with E-state index in [-0.39, 0.29) is 0 Å². The number of nitrogens with zero attached hydrogens (tertiary/aromatic N) is 4. The molecule has 0 fully saturated rings. The third-order valence-corrected chi connectivity index (χ3v) is 4.89. The molecule has 0 atom stereocenters. The van der Waals surface area contributed by atoms with E-state index in [1.165, 1.54) is 11.3 Å². The first-order chi connectivity index (χ1) is 13.2. The van der Waals surface area contributed by atoms with Gasteiger partial charge in [0.2, 0.25) is 0 Å². The normalized spacial score (nSPS) is 11.1. The maximum atomic E-state index is 6.00. The molecule has 0 amide bonds. The van der Waals surface area contributed by atoms with Gasteiger partial charge in [-0.2, -0.15) is 5.10 Å². The summed E-state index contributed by atoms with van der Waals surface area (Å²) in [6.07, 6.45) is 5.56. The number of thiazole rings is 1. The van der Waals surface area contributed by atoms with Crippen molar-refractivity contribution < 1.29 is 4.74 Å². The van der Waals surface area contributed by atoms with Crippen molar-refractivity contribution in [2.45, 2.75) is 13.5 Å². The molecule has 27 heavy (non-hydrogen) atoms. The smallest absolute Gasteiger partial charge is 0.181 e. The van der Waals surface area contributed by atoms with Gasteiger partial charge in [-0.1, -0.05) is 18.3 Å². The van der Waals surface area contributed by atoms with Crippen LogP contribution in [0.15, 0.2) is 48.9 Å². The molecule has 8 heteroatoms. The van der Waals surface area contributed by atoms with Crippen LogP contribution in [0.1, 0.15) is 6.92 Å². The summed E-state index contributed by atoms with van der Waals surface area (Å²) in [5.41, 5.74) is 8.43. The number of likely N-dealkylation sites (N-methyl/N-ethyl adjacent to an activating group) is 1. The van der Waals surface area contributed by atoms with E-state index in [1.54, 1.807) is 6.20 Å². The van der Waals surface area contributed by atoms with Crippen molar-refractivity contribution in [2.24, 2.45) is 0 Å². The van der Waals surface area contributed by atoms with Crippen LogP contribution in [-0.4, -0.2) is 32.8 Å². The van der Waals surface area contributed by atoms with E-state index >= 15 is 0 Å². The van der Waals surface area contributed by atoms with Crippen molar-refractivity contribution in [3.8, 4) is 22.8 Å². The molecule has 4 rings (SSSR count). The molecule has 0 aliphatic carbocycles. The molecule has 3 heterocycles. The number of benzene rings is 1. The van der Waals surface area contributed by atoms with Crippen molar-refractivity contribution >= 4 is 26.7 Å². The lowest BCUT2D eigenvalue weighted by Gasteiger charge is -2.06. The lowest BCUT2D eigenvalue weighted by molar-refractivity contribution is 0.483. The molecule has 3 aromatic heterocycles. The van der Waals surface area contributed by atoms with Crippen LogP contribution in [0.4, 0.5) is 5.13 Å². The van der Waals surface area contributed by atoms with Crippen LogP contribution in [0.5, 0.6) is 11.5 Å². The molecule has 4 aromatic rings. The first kappa shape index (κ1) is 17.4. The minimum absolute atomic E-state index is 0.555. The lowest BCUT2D eigenvalue weighted by atomic mass is 10.2. The Balaban J connectivity index is 1.51. The summed E-state index contributed by atoms with van der Waals surface area (Å²) in [6.45, 7) is 4.75. The second-order valence-electron chi connectivity index (χ2n) is 6.01. The Morgan fingerprint density at radius 3 is 3.00 bits per heavy atom. The number of aromatic nitrogens is 4. The Bertz CT molecular complexity index is 1060. The highest BCUT2D eigenvalue weighted by Crippen LogP contribution is 2.31. The second kappa shape index (κ2) is 7.73. The van der Waals surface area contributed by atoms with Crippen LogP contribution < -0.4 is 15.8 Å². The molecule has 138 valence electrons. The molecule has 0 radical (unpaired) electrons. The van der Waals surface area contributed by atoms with Crippen molar-refractivity contribution in [3.05, 3.63) is 48.9 Å². The third-order valence-electron chi connectivity index (χ3n) is 4.04. The van der Waals surface area contributed by atoms with Crippen molar-refractivity contribution in [3.63, 3.8) is 0 Å². The number of hydrogen-bond donors (Lipinski definition) is 2. The van der Waals surface area contributed by atoms with Gasteiger partial charge in [0.05, 0.1) is 28.7 Å². The summed E-state index contributed by atoms with van der Waals surface area (Å²) in [5.74, 6) is 1.46. The van der Waals surface area contributed by atoms with Crippen molar-refractivity contribution in [1.29, 1.82) is 0 Å². The monoisotopic (exact) mass is 380 g/mol. The Kier molecular flexibility index (Phi) is 4.99. The number of anilines is 1. The van der Waals surface area contributed by atoms with Crippen molar-refractivity contribution in [1.82, 2.24) is 25.1 Å². The van der Waals surface area contributed by atoms with E-state index in [4.69, 9.17) is 10.5 Å². The molecule has 0 aliphatic heterocycles. The molecular weight excluding hydrogens is 360 g/mol. The maximum absolute atomic E-state index is 6.00. The maximum Gasteiger partial charge on any atom is 0.181 e. The number of nitrogens with one attached hydrogen (secondary N) is 1. The van der Waals surface area contributed by atoms with Crippen molar-refractivity contribution in [2.75, 3.05) is 18.8 Å². The highest BCUT2D eigenvalue weighted by atomic mass is 32.1. The van der Waals surface area contributed by atoms with E-state index in [2.05, 4.69) is 27.3 Å². The number of nitrogens with two attached hydrogens (primary N) is 1. The molecule has 0 unspecified atom stereocenters. The molecule has 0 spiro atoms. The van der Waals surface area contributed by atoms with Gasteiger partial charge >= 0.3 is 0 Å². The predicted molar refractivity (Wildman–Crippen MR) is 108 cm³/mol. The molecule has 3 N–H and O–H groups in total. The summed E-state index contributed by atoms with van der Waals surface area (Å²) >= 11 is 1.45. The van der Waals surface area contributed by atoms with Gasteiger partial charge in [0.15, 0.2) is 5.13 Å². The zero-order valence-electron chi connectivity index (χ0n) is 14.9. The van der Waals surface area contributed by atoms with E-state index < -0.39 is 0 Å². The molecule has 1 aromatic carbocycles. The fourth-order valence-corrected chi connectivity index (χ4v) is 3.51. The summed E-state index contributed by atoms with van der Waals surface area (Å²) in [5, 5.41) is 8.24. The Morgan fingerprint density at radius 2 is 2.11 bits per heavy atom. The molecule has 0 aliphatic rings. The van der Waals surface area contributed by atoms with Gasteiger partial charge in [-0.05, 0) is 24.7 Å². The molecule has 0 saturated carbocycles. The minimum atomic E-state index is 0.555. The topological polar surface area (TPSA) is 90.9 Å². The van der Waals surface area contributed by atoms with Gasteiger partial charge in [-0.3, -0.25) is 9.67 Å². The highest BCUT2D eigenvalue weighted by molar-refractivity contribution is 7.22. The van der Waals surface area contributed by atoms with Gasteiger partial charge in [0.25, 0.3) is 0 Å². The number of fused-ring (bicyclic) bond motifs is 1. The van der Waals surface area contributed by atoms with Gasteiger partial charge in [-0.25, -0.2) is 4.98 Å². The Morgan fingerprint density at radius 1 is 1.22 bits per heavy atom. The summed E-state index contributed by atoms with van der Waals surface area (Å²) in [7, 11) is 0. The van der Waals surface area contributed by atoms with Crippen LogP contribution in [0, 0.1) is 0 Å². The quantitative estimate of drug-likeness (QED) is 0.477. The first-order valence-corrected chi connectivity index (χ1v) is 9.56. The predicted octanol–water partition coefficient (Wildman–Crippen LogP) is 3.54. The number of ether oxygens (including phenoxy) is 1. The van der Waals surface area contributed by atoms with Gasteiger partial charge in [-0.15, -0.1) is 0 Å². The van der Waals surface area contributed by atoms with E-state index in [1.807, 2.05) is 47.4 Å². The highest BCUT2D eigenvalue weighted by Gasteiger charge is 2.07. The molecule has 7 nitrogen and oxygen atoms in total. The van der Waals surface area contributed by atoms with Gasteiger partial charge < -0.3 is 15.8 Å². The second-order valence-corrected chi connectivity index (χ2v) is 7.07. The molecule has 0 bridgehead atoms. The fourth-order valence-electron chi connectivity index (χ4n) is 2.74. The Hall–Kier alpha value is -2.97. The van der Waals surface area contributed by atoms with Crippen LogP contribution in [0.2, 0.25) is 0 Å². The number of hydrogen-bond acceptors (Lipinski definition) is 7. The van der Waals surface area contributed by atoms with E-state index in [9.17, 15) is 0 Å². The molecule has 0 saturated heterocycles. The number of nitrogen functional groups attached to an aromatic ring is 1. The van der Waals surface area contributed by atoms with E-state index in [0.29, 0.717) is 5.13 Å². The standard InChI is InChI=1S/C19H20N6OS/c1-2-21-7-8-25-12-13(11-23-25)17-9-15(5-6-22-17)26-14-3-4-16-18(10-14)27-19(20)24-16/h3-6,9-12,21H,2,7-8H2,1H3,(H2,20,24). The summed E-state index contributed by atoms with van der Waals surface area (Å²) in [4.78, 5) is 8.70. The van der Waals surface area contributed by atoms with Crippen LogP contribution in [0.3, 0.4) is 0 Å². The van der Waals surface area contributed by atoms with Gasteiger partial charge in [0.1, 0.15) is 11.5 Å². The summed E-state index contributed by atoms with van der Waals surface area (Å²) in [6, 6.07) is 9.50.